The number of nitrogens with zero attached hydrogens (tertiary/aromatic N) is 2. The van der Waals surface area contributed by atoms with Gasteiger partial charge in [-0.1, -0.05) is 19.8 Å². The maximum atomic E-state index is 11.5. The first-order chi connectivity index (χ1) is 7.52. The van der Waals surface area contributed by atoms with Crippen LogP contribution in [0.1, 0.15) is 44.3 Å². The largest absolute Gasteiger partial charge is 0.255 e. The molecule has 0 aliphatic heterocycles. The quantitative estimate of drug-likeness (QED) is 0.866. The van der Waals surface area contributed by atoms with Crippen LogP contribution in [0, 0.1) is 0 Å². The SMILES string of the molecule is CCc1cc(S(N)(=O)=O)n(C2CCCC2)n1. The molecule has 2 rings (SSSR count). The lowest BCUT2D eigenvalue weighted by Gasteiger charge is -2.12. The zero-order chi connectivity index (χ0) is 11.8. The van der Waals surface area contributed by atoms with Crippen LogP contribution in [0.2, 0.25) is 0 Å². The lowest BCUT2D eigenvalue weighted by Crippen LogP contribution is -2.20. The minimum atomic E-state index is -3.66. The summed E-state index contributed by atoms with van der Waals surface area (Å²) in [5.74, 6) is 0. The zero-order valence-electron chi connectivity index (χ0n) is 9.39. The van der Waals surface area contributed by atoms with Gasteiger partial charge in [-0.3, -0.25) is 0 Å². The molecule has 0 aromatic carbocycles. The molecular weight excluding hydrogens is 226 g/mol. The average molecular weight is 243 g/mol. The van der Waals surface area contributed by atoms with Crippen LogP contribution in [0.25, 0.3) is 0 Å². The van der Waals surface area contributed by atoms with Gasteiger partial charge in [0.1, 0.15) is 0 Å². The Morgan fingerprint density at radius 1 is 1.50 bits per heavy atom. The Hall–Kier alpha value is -0.880. The first-order valence-corrected chi connectivity index (χ1v) is 7.18. The van der Waals surface area contributed by atoms with E-state index in [-0.39, 0.29) is 11.1 Å². The van der Waals surface area contributed by atoms with Crippen molar-refractivity contribution in [3.05, 3.63) is 11.8 Å². The Labute approximate surface area is 95.7 Å². The molecule has 1 fully saturated rings. The Morgan fingerprint density at radius 3 is 2.62 bits per heavy atom. The molecular formula is C10H17N3O2S. The first kappa shape index (κ1) is 11.6. The van der Waals surface area contributed by atoms with Crippen LogP contribution in [0.3, 0.4) is 0 Å². The second kappa shape index (κ2) is 4.18. The van der Waals surface area contributed by atoms with Gasteiger partial charge in [0, 0.05) is 0 Å². The number of aromatic nitrogens is 2. The predicted octanol–water partition coefficient (Wildman–Crippen LogP) is 1.21. The summed E-state index contributed by atoms with van der Waals surface area (Å²) in [6.45, 7) is 1.95. The van der Waals surface area contributed by atoms with Crippen molar-refractivity contribution in [3.63, 3.8) is 0 Å². The summed E-state index contributed by atoms with van der Waals surface area (Å²) in [7, 11) is -3.66. The topological polar surface area (TPSA) is 78.0 Å². The van der Waals surface area contributed by atoms with Crippen LogP contribution >= 0.6 is 0 Å². The molecule has 90 valence electrons. The summed E-state index contributed by atoms with van der Waals surface area (Å²) in [5, 5.41) is 9.70. The molecule has 0 saturated heterocycles. The number of nitrogens with two attached hydrogens (primary N) is 1. The van der Waals surface area contributed by atoms with Crippen molar-refractivity contribution in [1.29, 1.82) is 0 Å². The molecule has 0 unspecified atom stereocenters. The van der Waals surface area contributed by atoms with Gasteiger partial charge in [0.25, 0.3) is 10.0 Å². The molecule has 1 saturated carbocycles. The van der Waals surface area contributed by atoms with Gasteiger partial charge in [-0.25, -0.2) is 18.2 Å². The van der Waals surface area contributed by atoms with Crippen LogP contribution in [0.15, 0.2) is 11.1 Å². The number of hydrogen-bond donors (Lipinski definition) is 1. The molecule has 1 aliphatic carbocycles. The van der Waals surface area contributed by atoms with Crippen LogP contribution in [-0.2, 0) is 16.4 Å². The lowest BCUT2D eigenvalue weighted by atomic mass is 10.3. The summed E-state index contributed by atoms with van der Waals surface area (Å²) in [6, 6.07) is 1.79. The Morgan fingerprint density at radius 2 is 2.12 bits per heavy atom. The number of sulfonamides is 1. The molecule has 1 aromatic heterocycles. The van der Waals surface area contributed by atoms with Crippen molar-refractivity contribution in [1.82, 2.24) is 9.78 Å². The Kier molecular flexibility index (Phi) is 3.03. The fourth-order valence-corrected chi connectivity index (χ4v) is 2.97. The van der Waals surface area contributed by atoms with E-state index >= 15 is 0 Å². The third kappa shape index (κ3) is 2.12. The highest BCUT2D eigenvalue weighted by molar-refractivity contribution is 7.89. The van der Waals surface area contributed by atoms with Gasteiger partial charge >= 0.3 is 0 Å². The minimum Gasteiger partial charge on any atom is -0.250 e. The Balaban J connectivity index is 2.45. The molecule has 1 heterocycles. The molecule has 16 heavy (non-hydrogen) atoms. The van der Waals surface area contributed by atoms with Gasteiger partial charge < -0.3 is 0 Å². The van der Waals surface area contributed by atoms with E-state index in [4.69, 9.17) is 5.14 Å². The molecule has 0 spiro atoms. The normalized spacial score (nSPS) is 18.1. The molecule has 5 nitrogen and oxygen atoms in total. The van der Waals surface area contributed by atoms with Crippen LogP contribution in [0.4, 0.5) is 0 Å². The third-order valence-corrected chi connectivity index (χ3v) is 3.96. The molecule has 1 aromatic rings. The minimum absolute atomic E-state index is 0.163. The summed E-state index contributed by atoms with van der Waals surface area (Å²) >= 11 is 0. The van der Waals surface area contributed by atoms with E-state index in [1.54, 1.807) is 10.7 Å². The number of primary sulfonamides is 1. The number of aryl methyl sites for hydroxylation is 1. The first-order valence-electron chi connectivity index (χ1n) is 5.63. The summed E-state index contributed by atoms with van der Waals surface area (Å²) in [5.41, 5.74) is 0.788. The fourth-order valence-electron chi connectivity index (χ4n) is 2.22. The van der Waals surface area contributed by atoms with Crippen LogP contribution in [0.5, 0.6) is 0 Å². The molecule has 0 bridgehead atoms. The van der Waals surface area contributed by atoms with E-state index in [0.29, 0.717) is 0 Å². The molecule has 6 heteroatoms. The molecule has 0 atom stereocenters. The molecule has 0 amide bonds. The van der Waals surface area contributed by atoms with Crippen molar-refractivity contribution in [2.24, 2.45) is 5.14 Å². The zero-order valence-corrected chi connectivity index (χ0v) is 10.2. The van der Waals surface area contributed by atoms with E-state index in [1.807, 2.05) is 6.92 Å². The van der Waals surface area contributed by atoms with E-state index in [2.05, 4.69) is 5.10 Å². The van der Waals surface area contributed by atoms with Crippen LogP contribution in [-0.4, -0.2) is 18.2 Å². The highest BCUT2D eigenvalue weighted by Gasteiger charge is 2.25. The van der Waals surface area contributed by atoms with E-state index < -0.39 is 10.0 Å². The second-order valence-electron chi connectivity index (χ2n) is 4.26. The average Bonchev–Trinajstić information content (AvgIpc) is 2.85. The second-order valence-corrected chi connectivity index (χ2v) is 5.76. The van der Waals surface area contributed by atoms with E-state index in [9.17, 15) is 8.42 Å². The van der Waals surface area contributed by atoms with Gasteiger partial charge in [0.2, 0.25) is 0 Å². The smallest absolute Gasteiger partial charge is 0.250 e. The van der Waals surface area contributed by atoms with Gasteiger partial charge in [-0.15, -0.1) is 0 Å². The van der Waals surface area contributed by atoms with Gasteiger partial charge in [0.05, 0.1) is 11.7 Å². The molecule has 0 radical (unpaired) electrons. The number of hydrogen-bond acceptors (Lipinski definition) is 3. The fraction of sp³-hybridized carbons (Fsp3) is 0.700. The highest BCUT2D eigenvalue weighted by atomic mass is 32.2. The lowest BCUT2D eigenvalue weighted by molar-refractivity contribution is 0.425. The maximum absolute atomic E-state index is 11.5. The number of rotatable bonds is 3. The van der Waals surface area contributed by atoms with Crippen molar-refractivity contribution in [2.75, 3.05) is 0 Å². The molecule has 1 aliphatic rings. The summed E-state index contributed by atoms with van der Waals surface area (Å²) in [6.07, 6.45) is 4.98. The Bertz CT molecular complexity index is 472. The standard InChI is InChI=1S/C10H17N3O2S/c1-2-8-7-10(16(11,14)15)13(12-8)9-5-3-4-6-9/h7,9H,2-6H2,1H3,(H2,11,14,15). The van der Waals surface area contributed by atoms with E-state index in [1.165, 1.54) is 0 Å². The van der Waals surface area contributed by atoms with Gasteiger partial charge in [-0.2, -0.15) is 5.10 Å². The summed E-state index contributed by atoms with van der Waals surface area (Å²) in [4.78, 5) is 0. The summed E-state index contributed by atoms with van der Waals surface area (Å²) < 4.78 is 24.5. The monoisotopic (exact) mass is 243 g/mol. The third-order valence-electron chi connectivity index (χ3n) is 3.08. The van der Waals surface area contributed by atoms with Crippen molar-refractivity contribution >= 4 is 10.0 Å². The maximum Gasteiger partial charge on any atom is 0.255 e. The van der Waals surface area contributed by atoms with Crippen LogP contribution < -0.4 is 5.14 Å². The highest BCUT2D eigenvalue weighted by Crippen LogP contribution is 2.31. The van der Waals surface area contributed by atoms with Crippen molar-refractivity contribution < 1.29 is 8.42 Å². The van der Waals surface area contributed by atoms with E-state index in [0.717, 1.165) is 37.8 Å². The van der Waals surface area contributed by atoms with Gasteiger partial charge in [-0.05, 0) is 25.3 Å². The molecule has 2 N–H and O–H groups in total. The van der Waals surface area contributed by atoms with Gasteiger partial charge in [0.15, 0.2) is 5.03 Å². The van der Waals surface area contributed by atoms with Crippen molar-refractivity contribution in [2.45, 2.75) is 50.1 Å². The van der Waals surface area contributed by atoms with Crippen molar-refractivity contribution in [3.8, 4) is 0 Å². The predicted molar refractivity (Wildman–Crippen MR) is 60.5 cm³/mol.